The molecule has 0 spiro atoms. The van der Waals surface area contributed by atoms with Gasteiger partial charge in [-0.15, -0.1) is 0 Å². The molecule has 0 saturated heterocycles. The number of benzene rings is 1. The number of hydrogen-bond acceptors (Lipinski definition) is 2. The summed E-state index contributed by atoms with van der Waals surface area (Å²) in [4.78, 5) is 25.0. The van der Waals surface area contributed by atoms with E-state index in [-0.39, 0.29) is 12.5 Å². The van der Waals surface area contributed by atoms with E-state index >= 15 is 0 Å². The van der Waals surface area contributed by atoms with Crippen molar-refractivity contribution in [2.45, 2.75) is 37.5 Å². The molecule has 0 bridgehead atoms. The number of aliphatic carboxylic acids is 1. The quantitative estimate of drug-likeness (QED) is 0.918. The Hall–Kier alpha value is -1.84. The standard InChI is InChI=1S/C16H21NO3/c1-17(12-14(18)19)15(20)16(10-6-3-7-11-16)13-8-4-2-5-9-13/h2,4-5,8-9H,3,6-7,10-12H2,1H3,(H,18,19). The maximum atomic E-state index is 12.8. The predicted octanol–water partition coefficient (Wildman–Crippen LogP) is 2.43. The molecule has 1 saturated carbocycles. The van der Waals surface area contributed by atoms with Crippen molar-refractivity contribution in [2.24, 2.45) is 0 Å². The molecule has 1 amide bonds. The summed E-state index contributed by atoms with van der Waals surface area (Å²) in [5.74, 6) is -1.04. The molecule has 0 aliphatic heterocycles. The molecule has 1 aromatic carbocycles. The second kappa shape index (κ2) is 6.07. The number of amides is 1. The summed E-state index contributed by atoms with van der Waals surface area (Å²) in [6.07, 6.45) is 4.78. The minimum Gasteiger partial charge on any atom is -0.480 e. The van der Waals surface area contributed by atoms with E-state index in [1.54, 1.807) is 7.05 Å². The summed E-state index contributed by atoms with van der Waals surface area (Å²) in [7, 11) is 1.58. The lowest BCUT2D eigenvalue weighted by atomic mass is 9.68. The van der Waals surface area contributed by atoms with Crippen LogP contribution in [0, 0.1) is 0 Å². The first-order valence-corrected chi connectivity index (χ1v) is 7.09. The lowest BCUT2D eigenvalue weighted by Gasteiger charge is -2.38. The number of carboxylic acids is 1. The first kappa shape index (κ1) is 14.6. The minimum atomic E-state index is -0.972. The molecule has 1 aliphatic rings. The molecule has 4 heteroatoms. The van der Waals surface area contributed by atoms with Crippen LogP contribution in [0.25, 0.3) is 0 Å². The van der Waals surface area contributed by atoms with E-state index in [1.165, 1.54) is 4.90 Å². The summed E-state index contributed by atoms with van der Waals surface area (Å²) < 4.78 is 0. The summed E-state index contributed by atoms with van der Waals surface area (Å²) in [5.41, 5.74) is 0.478. The zero-order valence-corrected chi connectivity index (χ0v) is 11.8. The third-order valence-electron chi connectivity index (χ3n) is 4.16. The maximum Gasteiger partial charge on any atom is 0.323 e. The van der Waals surface area contributed by atoms with Crippen LogP contribution < -0.4 is 0 Å². The van der Waals surface area contributed by atoms with Crippen molar-refractivity contribution in [3.63, 3.8) is 0 Å². The number of hydrogen-bond donors (Lipinski definition) is 1. The van der Waals surface area contributed by atoms with Crippen LogP contribution in [-0.2, 0) is 15.0 Å². The fraction of sp³-hybridized carbons (Fsp3) is 0.500. The van der Waals surface area contributed by atoms with E-state index in [1.807, 2.05) is 30.3 Å². The molecule has 4 nitrogen and oxygen atoms in total. The van der Waals surface area contributed by atoms with Crippen LogP contribution in [0.5, 0.6) is 0 Å². The number of nitrogens with zero attached hydrogens (tertiary/aromatic N) is 1. The Kier molecular flexibility index (Phi) is 4.42. The Morgan fingerprint density at radius 3 is 2.30 bits per heavy atom. The highest BCUT2D eigenvalue weighted by Crippen LogP contribution is 2.40. The fourth-order valence-corrected chi connectivity index (χ4v) is 3.18. The van der Waals surface area contributed by atoms with Crippen LogP contribution in [0.2, 0.25) is 0 Å². The second-order valence-corrected chi connectivity index (χ2v) is 5.56. The average Bonchev–Trinajstić information content (AvgIpc) is 2.47. The highest BCUT2D eigenvalue weighted by atomic mass is 16.4. The van der Waals surface area contributed by atoms with Crippen LogP contribution in [-0.4, -0.2) is 35.5 Å². The Balaban J connectivity index is 2.32. The van der Waals surface area contributed by atoms with Gasteiger partial charge in [-0.2, -0.15) is 0 Å². The zero-order chi connectivity index (χ0) is 14.6. The molecule has 0 heterocycles. The van der Waals surface area contributed by atoms with E-state index in [9.17, 15) is 9.59 Å². The monoisotopic (exact) mass is 275 g/mol. The third kappa shape index (κ3) is 2.84. The lowest BCUT2D eigenvalue weighted by Crippen LogP contribution is -2.48. The molecular weight excluding hydrogens is 254 g/mol. The molecular formula is C16H21NO3. The van der Waals surface area contributed by atoms with Crippen molar-refractivity contribution >= 4 is 11.9 Å². The zero-order valence-electron chi connectivity index (χ0n) is 11.8. The van der Waals surface area contributed by atoms with Crippen molar-refractivity contribution in [1.29, 1.82) is 0 Å². The molecule has 0 radical (unpaired) electrons. The van der Waals surface area contributed by atoms with Crippen LogP contribution >= 0.6 is 0 Å². The molecule has 108 valence electrons. The van der Waals surface area contributed by atoms with Crippen molar-refractivity contribution in [2.75, 3.05) is 13.6 Å². The van der Waals surface area contributed by atoms with Gasteiger partial charge in [-0.1, -0.05) is 49.6 Å². The summed E-state index contributed by atoms with van der Waals surface area (Å²) in [6.45, 7) is -0.243. The van der Waals surface area contributed by atoms with E-state index in [4.69, 9.17) is 5.11 Å². The van der Waals surface area contributed by atoms with E-state index in [0.717, 1.165) is 37.7 Å². The van der Waals surface area contributed by atoms with Gasteiger partial charge in [0.25, 0.3) is 0 Å². The number of carbonyl (C=O) groups is 2. The highest BCUT2D eigenvalue weighted by molar-refractivity contribution is 5.90. The van der Waals surface area contributed by atoms with E-state index in [2.05, 4.69) is 0 Å². The molecule has 1 fully saturated rings. The largest absolute Gasteiger partial charge is 0.480 e. The molecule has 2 rings (SSSR count). The topological polar surface area (TPSA) is 57.6 Å². The van der Waals surface area contributed by atoms with E-state index in [0.29, 0.717) is 0 Å². The van der Waals surface area contributed by atoms with Gasteiger partial charge < -0.3 is 10.0 Å². The Morgan fingerprint density at radius 2 is 1.75 bits per heavy atom. The van der Waals surface area contributed by atoms with Crippen LogP contribution in [0.15, 0.2) is 30.3 Å². The van der Waals surface area contributed by atoms with Gasteiger partial charge in [-0.25, -0.2) is 0 Å². The van der Waals surface area contributed by atoms with Gasteiger partial charge in [0.05, 0.1) is 5.41 Å². The molecule has 0 unspecified atom stereocenters. The summed E-state index contributed by atoms with van der Waals surface area (Å²) >= 11 is 0. The number of rotatable bonds is 4. The first-order chi connectivity index (χ1) is 9.56. The molecule has 1 aromatic rings. The van der Waals surface area contributed by atoms with Gasteiger partial charge >= 0.3 is 5.97 Å². The molecule has 0 aromatic heterocycles. The molecule has 1 N–H and O–H groups in total. The maximum absolute atomic E-state index is 12.8. The van der Waals surface area contributed by atoms with Crippen LogP contribution in [0.4, 0.5) is 0 Å². The molecule has 1 aliphatic carbocycles. The summed E-state index contributed by atoms with van der Waals surface area (Å²) in [6, 6.07) is 9.79. The fourth-order valence-electron chi connectivity index (χ4n) is 3.18. The van der Waals surface area contributed by atoms with Gasteiger partial charge in [0.1, 0.15) is 6.54 Å². The number of carboxylic acid groups (broad SMARTS) is 1. The van der Waals surface area contributed by atoms with Gasteiger partial charge in [0.2, 0.25) is 5.91 Å². The van der Waals surface area contributed by atoms with Crippen molar-refractivity contribution in [3.05, 3.63) is 35.9 Å². The normalized spacial score (nSPS) is 17.4. The Morgan fingerprint density at radius 1 is 1.15 bits per heavy atom. The van der Waals surface area contributed by atoms with Gasteiger partial charge in [-0.3, -0.25) is 9.59 Å². The van der Waals surface area contributed by atoms with Crippen molar-refractivity contribution in [1.82, 2.24) is 4.90 Å². The Bertz CT molecular complexity index is 478. The van der Waals surface area contributed by atoms with Gasteiger partial charge in [0, 0.05) is 7.05 Å². The minimum absolute atomic E-state index is 0.0641. The number of carbonyl (C=O) groups excluding carboxylic acids is 1. The predicted molar refractivity (Wildman–Crippen MR) is 76.5 cm³/mol. The van der Waals surface area contributed by atoms with Crippen LogP contribution in [0.3, 0.4) is 0 Å². The van der Waals surface area contributed by atoms with Crippen LogP contribution in [0.1, 0.15) is 37.7 Å². The average molecular weight is 275 g/mol. The highest BCUT2D eigenvalue weighted by Gasteiger charge is 2.42. The first-order valence-electron chi connectivity index (χ1n) is 7.09. The third-order valence-corrected chi connectivity index (χ3v) is 4.16. The van der Waals surface area contributed by atoms with Gasteiger partial charge in [-0.05, 0) is 18.4 Å². The summed E-state index contributed by atoms with van der Waals surface area (Å²) in [5, 5.41) is 8.89. The lowest BCUT2D eigenvalue weighted by molar-refractivity contribution is -0.146. The Labute approximate surface area is 119 Å². The van der Waals surface area contributed by atoms with Gasteiger partial charge in [0.15, 0.2) is 0 Å². The smallest absolute Gasteiger partial charge is 0.323 e. The number of likely N-dealkylation sites (N-methyl/N-ethyl adjacent to an activating group) is 1. The van der Waals surface area contributed by atoms with E-state index < -0.39 is 11.4 Å². The van der Waals surface area contributed by atoms with Crippen molar-refractivity contribution in [3.8, 4) is 0 Å². The molecule has 0 atom stereocenters. The van der Waals surface area contributed by atoms with Crippen molar-refractivity contribution < 1.29 is 14.7 Å². The molecule has 20 heavy (non-hydrogen) atoms. The second-order valence-electron chi connectivity index (χ2n) is 5.56. The SMILES string of the molecule is CN(CC(=O)O)C(=O)C1(c2ccccc2)CCCCC1.